The SMILES string of the molecule is CCNC(=O)CCNc1nc(N)ncc1Br. The molecule has 88 valence electrons. The van der Waals surface area contributed by atoms with Crippen LogP contribution in [0.3, 0.4) is 0 Å². The van der Waals surface area contributed by atoms with Gasteiger partial charge in [0.2, 0.25) is 11.9 Å². The molecule has 4 N–H and O–H groups in total. The quantitative estimate of drug-likeness (QED) is 0.744. The monoisotopic (exact) mass is 287 g/mol. The van der Waals surface area contributed by atoms with E-state index in [2.05, 4.69) is 36.5 Å². The lowest BCUT2D eigenvalue weighted by Gasteiger charge is -2.07. The van der Waals surface area contributed by atoms with Crippen LogP contribution in [0.2, 0.25) is 0 Å². The Labute approximate surface area is 102 Å². The average Bonchev–Trinajstić information content (AvgIpc) is 2.23. The third-order valence-corrected chi connectivity index (χ3v) is 2.36. The highest BCUT2D eigenvalue weighted by atomic mass is 79.9. The lowest BCUT2D eigenvalue weighted by molar-refractivity contribution is -0.120. The molecule has 0 aliphatic heterocycles. The van der Waals surface area contributed by atoms with Gasteiger partial charge in [-0.25, -0.2) is 4.98 Å². The number of nitrogens with one attached hydrogen (secondary N) is 2. The molecule has 0 fully saturated rings. The van der Waals surface area contributed by atoms with Crippen molar-refractivity contribution in [2.75, 3.05) is 24.1 Å². The second-order valence-corrected chi connectivity index (χ2v) is 3.91. The van der Waals surface area contributed by atoms with Crippen molar-refractivity contribution in [3.8, 4) is 0 Å². The minimum atomic E-state index is 0.00755. The molecule has 6 nitrogen and oxygen atoms in total. The minimum absolute atomic E-state index is 0.00755. The van der Waals surface area contributed by atoms with E-state index < -0.39 is 0 Å². The summed E-state index contributed by atoms with van der Waals surface area (Å²) in [7, 11) is 0. The van der Waals surface area contributed by atoms with Crippen LogP contribution in [0.5, 0.6) is 0 Å². The third-order valence-electron chi connectivity index (χ3n) is 1.78. The molecule has 1 aromatic heterocycles. The Morgan fingerprint density at radius 3 is 3.06 bits per heavy atom. The molecular weight excluding hydrogens is 274 g/mol. The number of hydrogen-bond donors (Lipinski definition) is 3. The van der Waals surface area contributed by atoms with Gasteiger partial charge in [0.05, 0.1) is 4.47 Å². The molecule has 0 atom stereocenters. The molecule has 0 aliphatic carbocycles. The Hall–Kier alpha value is -1.37. The second kappa shape index (κ2) is 6.26. The Bertz CT molecular complexity index is 371. The molecular formula is C9H14BrN5O. The van der Waals surface area contributed by atoms with Gasteiger partial charge in [0.1, 0.15) is 5.82 Å². The lowest BCUT2D eigenvalue weighted by atomic mass is 10.4. The summed E-state index contributed by atoms with van der Waals surface area (Å²) >= 11 is 3.28. The highest BCUT2D eigenvalue weighted by Gasteiger charge is 2.04. The molecule has 7 heteroatoms. The van der Waals surface area contributed by atoms with E-state index in [1.54, 1.807) is 6.20 Å². The van der Waals surface area contributed by atoms with Crippen molar-refractivity contribution in [2.45, 2.75) is 13.3 Å². The molecule has 0 saturated carbocycles. The fourth-order valence-electron chi connectivity index (χ4n) is 1.08. The summed E-state index contributed by atoms with van der Waals surface area (Å²) in [5.41, 5.74) is 5.44. The minimum Gasteiger partial charge on any atom is -0.368 e. The number of carbonyl (C=O) groups excluding carboxylic acids is 1. The number of nitrogen functional groups attached to an aromatic ring is 1. The summed E-state index contributed by atoms with van der Waals surface area (Å²) in [4.78, 5) is 19.0. The summed E-state index contributed by atoms with van der Waals surface area (Å²) in [6, 6.07) is 0. The number of rotatable bonds is 5. The van der Waals surface area contributed by atoms with E-state index in [1.807, 2.05) is 6.92 Å². The normalized spacial score (nSPS) is 9.88. The molecule has 0 spiro atoms. The van der Waals surface area contributed by atoms with Gasteiger partial charge in [-0.2, -0.15) is 4.98 Å². The smallest absolute Gasteiger partial charge is 0.221 e. The van der Waals surface area contributed by atoms with E-state index in [9.17, 15) is 4.79 Å². The summed E-state index contributed by atoms with van der Waals surface area (Å²) in [5.74, 6) is 0.800. The average molecular weight is 288 g/mol. The van der Waals surface area contributed by atoms with Gasteiger partial charge in [0, 0.05) is 25.7 Å². The molecule has 0 aliphatic rings. The van der Waals surface area contributed by atoms with Crippen LogP contribution in [-0.2, 0) is 4.79 Å². The number of hydrogen-bond acceptors (Lipinski definition) is 5. The number of nitrogens with zero attached hydrogens (tertiary/aromatic N) is 2. The molecule has 16 heavy (non-hydrogen) atoms. The van der Waals surface area contributed by atoms with Gasteiger partial charge in [-0.05, 0) is 22.9 Å². The van der Waals surface area contributed by atoms with E-state index in [0.29, 0.717) is 25.3 Å². The number of halogens is 1. The standard InChI is InChI=1S/C9H14BrN5O/c1-2-12-7(16)3-4-13-8-6(10)5-14-9(11)15-8/h5H,2-4H2,1H3,(H,12,16)(H3,11,13,14,15). The van der Waals surface area contributed by atoms with Crippen LogP contribution in [0.15, 0.2) is 10.7 Å². The van der Waals surface area contributed by atoms with Crippen molar-refractivity contribution in [1.82, 2.24) is 15.3 Å². The van der Waals surface area contributed by atoms with Crippen molar-refractivity contribution in [3.63, 3.8) is 0 Å². The van der Waals surface area contributed by atoms with Crippen molar-refractivity contribution in [2.24, 2.45) is 0 Å². The van der Waals surface area contributed by atoms with E-state index in [4.69, 9.17) is 5.73 Å². The maximum absolute atomic E-state index is 11.2. The molecule has 0 saturated heterocycles. The number of aromatic nitrogens is 2. The van der Waals surface area contributed by atoms with Crippen LogP contribution in [0.25, 0.3) is 0 Å². The van der Waals surface area contributed by atoms with E-state index in [-0.39, 0.29) is 11.9 Å². The van der Waals surface area contributed by atoms with Crippen molar-refractivity contribution >= 4 is 33.6 Å². The van der Waals surface area contributed by atoms with Crippen LogP contribution in [0.1, 0.15) is 13.3 Å². The zero-order valence-corrected chi connectivity index (χ0v) is 10.5. The Kier molecular flexibility index (Phi) is 4.97. The van der Waals surface area contributed by atoms with Gasteiger partial charge < -0.3 is 16.4 Å². The highest BCUT2D eigenvalue weighted by molar-refractivity contribution is 9.10. The first kappa shape index (κ1) is 12.7. The van der Waals surface area contributed by atoms with Crippen LogP contribution >= 0.6 is 15.9 Å². The maximum atomic E-state index is 11.2. The predicted molar refractivity (Wildman–Crippen MR) is 65.9 cm³/mol. The molecule has 0 unspecified atom stereocenters. The molecule has 1 amide bonds. The van der Waals surface area contributed by atoms with Gasteiger partial charge in [0.15, 0.2) is 0 Å². The van der Waals surface area contributed by atoms with Crippen LogP contribution in [0.4, 0.5) is 11.8 Å². The van der Waals surface area contributed by atoms with E-state index in [1.165, 1.54) is 0 Å². The molecule has 1 rings (SSSR count). The lowest BCUT2D eigenvalue weighted by Crippen LogP contribution is -2.25. The fraction of sp³-hybridized carbons (Fsp3) is 0.444. The van der Waals surface area contributed by atoms with Crippen molar-refractivity contribution < 1.29 is 4.79 Å². The molecule has 0 radical (unpaired) electrons. The van der Waals surface area contributed by atoms with Gasteiger partial charge in [-0.15, -0.1) is 0 Å². The fourth-order valence-corrected chi connectivity index (χ4v) is 1.42. The molecule has 0 bridgehead atoms. The maximum Gasteiger partial charge on any atom is 0.221 e. The first-order chi connectivity index (χ1) is 7.63. The molecule has 1 heterocycles. The molecule has 1 aromatic rings. The zero-order valence-electron chi connectivity index (χ0n) is 8.96. The summed E-state index contributed by atoms with van der Waals surface area (Å²) in [6.45, 7) is 3.02. The van der Waals surface area contributed by atoms with E-state index in [0.717, 1.165) is 4.47 Å². The Morgan fingerprint density at radius 2 is 2.38 bits per heavy atom. The van der Waals surface area contributed by atoms with Gasteiger partial charge in [-0.1, -0.05) is 0 Å². The van der Waals surface area contributed by atoms with Gasteiger partial charge in [-0.3, -0.25) is 4.79 Å². The van der Waals surface area contributed by atoms with Crippen molar-refractivity contribution in [1.29, 1.82) is 0 Å². The number of carbonyl (C=O) groups is 1. The van der Waals surface area contributed by atoms with Crippen LogP contribution in [0, 0.1) is 0 Å². The number of nitrogens with two attached hydrogens (primary N) is 1. The van der Waals surface area contributed by atoms with E-state index >= 15 is 0 Å². The van der Waals surface area contributed by atoms with Gasteiger partial charge in [0.25, 0.3) is 0 Å². The van der Waals surface area contributed by atoms with Gasteiger partial charge >= 0.3 is 0 Å². The summed E-state index contributed by atoms with van der Waals surface area (Å²) in [5, 5.41) is 5.71. The second-order valence-electron chi connectivity index (χ2n) is 3.06. The predicted octanol–water partition coefficient (Wildman–Crippen LogP) is 0.759. The highest BCUT2D eigenvalue weighted by Crippen LogP contribution is 2.18. The van der Waals surface area contributed by atoms with Crippen LogP contribution in [-0.4, -0.2) is 29.0 Å². The Balaban J connectivity index is 2.42. The first-order valence-corrected chi connectivity index (χ1v) is 5.71. The summed E-state index contributed by atoms with van der Waals surface area (Å²) in [6.07, 6.45) is 1.96. The number of amides is 1. The number of anilines is 2. The third kappa shape index (κ3) is 4.01. The largest absolute Gasteiger partial charge is 0.368 e. The first-order valence-electron chi connectivity index (χ1n) is 4.92. The Morgan fingerprint density at radius 1 is 1.62 bits per heavy atom. The molecule has 0 aromatic carbocycles. The van der Waals surface area contributed by atoms with Crippen LogP contribution < -0.4 is 16.4 Å². The topological polar surface area (TPSA) is 92.9 Å². The zero-order chi connectivity index (χ0) is 12.0. The van der Waals surface area contributed by atoms with Crippen molar-refractivity contribution in [3.05, 3.63) is 10.7 Å². The summed E-state index contributed by atoms with van der Waals surface area (Å²) < 4.78 is 0.720.